The Balaban J connectivity index is 1.40. The fourth-order valence-electron chi connectivity index (χ4n) is 3.41. The second-order valence-electron chi connectivity index (χ2n) is 6.49. The molecule has 0 bridgehead atoms. The highest BCUT2D eigenvalue weighted by Crippen LogP contribution is 2.27. The summed E-state index contributed by atoms with van der Waals surface area (Å²) < 4.78 is 0. The zero-order chi connectivity index (χ0) is 16.5. The van der Waals surface area contributed by atoms with Crippen LogP contribution in [0, 0.1) is 12.8 Å². The lowest BCUT2D eigenvalue weighted by Gasteiger charge is -2.21. The van der Waals surface area contributed by atoms with Gasteiger partial charge in [0.15, 0.2) is 5.65 Å². The lowest BCUT2D eigenvalue weighted by Crippen LogP contribution is -2.28. The number of hydrogen-bond donors (Lipinski definition) is 1. The standard InChI is InChI=1S/C16H21N7S/c1-11-14(24-10-19-11)8-22(2)6-12-3-4-23(7-12)16-13-5-20-21-15(13)17-9-18-16/h5,9-10,12H,3-4,6-8H2,1-2H3,(H,17,18,20,21)/t12-/m1/s1. The Bertz CT molecular complexity index is 827. The van der Waals surface area contributed by atoms with Crippen LogP contribution in [-0.4, -0.2) is 56.7 Å². The van der Waals surface area contributed by atoms with Crippen molar-refractivity contribution in [2.75, 3.05) is 31.6 Å². The van der Waals surface area contributed by atoms with Crippen molar-refractivity contribution in [3.8, 4) is 0 Å². The molecule has 0 amide bonds. The first-order valence-corrected chi connectivity index (χ1v) is 9.05. The first-order chi connectivity index (χ1) is 11.7. The molecule has 7 nitrogen and oxygen atoms in total. The van der Waals surface area contributed by atoms with E-state index in [-0.39, 0.29) is 0 Å². The van der Waals surface area contributed by atoms with Crippen LogP contribution in [-0.2, 0) is 6.54 Å². The number of aromatic nitrogens is 5. The molecule has 4 rings (SSSR count). The fraction of sp³-hybridized carbons (Fsp3) is 0.500. The van der Waals surface area contributed by atoms with Gasteiger partial charge in [-0.25, -0.2) is 15.0 Å². The summed E-state index contributed by atoms with van der Waals surface area (Å²) in [4.78, 5) is 19.2. The van der Waals surface area contributed by atoms with Crippen molar-refractivity contribution in [2.24, 2.45) is 5.92 Å². The van der Waals surface area contributed by atoms with Gasteiger partial charge >= 0.3 is 0 Å². The van der Waals surface area contributed by atoms with Crippen LogP contribution >= 0.6 is 11.3 Å². The third kappa shape index (κ3) is 2.99. The maximum absolute atomic E-state index is 4.48. The van der Waals surface area contributed by atoms with Crippen LogP contribution in [0.25, 0.3) is 11.0 Å². The molecule has 0 aliphatic carbocycles. The van der Waals surface area contributed by atoms with Gasteiger partial charge in [0, 0.05) is 31.1 Å². The molecule has 4 heterocycles. The van der Waals surface area contributed by atoms with Crippen LogP contribution in [0.5, 0.6) is 0 Å². The molecule has 1 saturated heterocycles. The number of rotatable bonds is 5. The van der Waals surface area contributed by atoms with Crippen LogP contribution < -0.4 is 4.90 Å². The Morgan fingerprint density at radius 3 is 3.12 bits per heavy atom. The molecule has 24 heavy (non-hydrogen) atoms. The monoisotopic (exact) mass is 343 g/mol. The van der Waals surface area contributed by atoms with Crippen LogP contribution in [0.1, 0.15) is 17.0 Å². The molecular weight excluding hydrogens is 322 g/mol. The van der Waals surface area contributed by atoms with Crippen molar-refractivity contribution in [3.05, 3.63) is 28.6 Å². The molecule has 0 saturated carbocycles. The lowest BCUT2D eigenvalue weighted by atomic mass is 10.1. The predicted octanol–water partition coefficient (Wildman–Crippen LogP) is 2.08. The zero-order valence-corrected chi connectivity index (χ0v) is 14.8. The number of aromatic amines is 1. The zero-order valence-electron chi connectivity index (χ0n) is 13.9. The minimum Gasteiger partial charge on any atom is -0.356 e. The van der Waals surface area contributed by atoms with Crippen molar-refractivity contribution in [1.29, 1.82) is 0 Å². The third-order valence-corrected chi connectivity index (χ3v) is 5.56. The highest BCUT2D eigenvalue weighted by molar-refractivity contribution is 7.09. The number of nitrogens with zero attached hydrogens (tertiary/aromatic N) is 6. The maximum Gasteiger partial charge on any atom is 0.160 e. The van der Waals surface area contributed by atoms with E-state index >= 15 is 0 Å². The minimum atomic E-state index is 0.653. The van der Waals surface area contributed by atoms with E-state index in [9.17, 15) is 0 Å². The summed E-state index contributed by atoms with van der Waals surface area (Å²) in [5.41, 5.74) is 3.89. The van der Waals surface area contributed by atoms with Crippen molar-refractivity contribution in [1.82, 2.24) is 30.0 Å². The maximum atomic E-state index is 4.48. The van der Waals surface area contributed by atoms with Gasteiger partial charge in [0.05, 0.1) is 22.8 Å². The molecule has 8 heteroatoms. The highest BCUT2D eigenvalue weighted by Gasteiger charge is 2.26. The van der Waals surface area contributed by atoms with E-state index in [2.05, 4.69) is 48.9 Å². The van der Waals surface area contributed by atoms with Gasteiger partial charge in [-0.3, -0.25) is 5.10 Å². The van der Waals surface area contributed by atoms with Crippen molar-refractivity contribution < 1.29 is 0 Å². The summed E-state index contributed by atoms with van der Waals surface area (Å²) in [5, 5.41) is 8.01. The first-order valence-electron chi connectivity index (χ1n) is 8.17. The number of aryl methyl sites for hydroxylation is 1. The summed E-state index contributed by atoms with van der Waals surface area (Å²) in [7, 11) is 2.20. The normalized spacial score (nSPS) is 18.1. The largest absolute Gasteiger partial charge is 0.356 e. The summed E-state index contributed by atoms with van der Waals surface area (Å²) >= 11 is 1.75. The lowest BCUT2D eigenvalue weighted by molar-refractivity contribution is 0.281. The number of fused-ring (bicyclic) bond motifs is 1. The number of thiazole rings is 1. The van der Waals surface area contributed by atoms with Gasteiger partial charge in [-0.15, -0.1) is 11.3 Å². The van der Waals surface area contributed by atoms with Gasteiger partial charge in [-0.1, -0.05) is 0 Å². The minimum absolute atomic E-state index is 0.653. The van der Waals surface area contributed by atoms with E-state index < -0.39 is 0 Å². The highest BCUT2D eigenvalue weighted by atomic mass is 32.1. The summed E-state index contributed by atoms with van der Waals surface area (Å²) in [6.07, 6.45) is 4.62. The fourth-order valence-corrected chi connectivity index (χ4v) is 4.26. The predicted molar refractivity (Wildman–Crippen MR) is 95.2 cm³/mol. The van der Waals surface area contributed by atoms with Gasteiger partial charge in [-0.2, -0.15) is 5.10 Å². The summed E-state index contributed by atoms with van der Waals surface area (Å²) in [5.74, 6) is 1.65. The Morgan fingerprint density at radius 2 is 2.29 bits per heavy atom. The quantitative estimate of drug-likeness (QED) is 0.764. The Kier molecular flexibility index (Phi) is 4.15. The van der Waals surface area contributed by atoms with Gasteiger partial charge in [-0.05, 0) is 26.3 Å². The average molecular weight is 343 g/mol. The van der Waals surface area contributed by atoms with E-state index in [1.54, 1.807) is 17.7 Å². The third-order valence-electron chi connectivity index (χ3n) is 4.64. The SMILES string of the molecule is Cc1ncsc1CN(C)C[C@H]1CCN(c2ncnc3[nH]ncc23)C1. The van der Waals surface area contributed by atoms with Gasteiger partial charge in [0.2, 0.25) is 0 Å². The molecule has 3 aromatic rings. The topological polar surface area (TPSA) is 73.8 Å². The number of nitrogens with one attached hydrogen (secondary N) is 1. The number of H-pyrrole nitrogens is 1. The van der Waals surface area contributed by atoms with Gasteiger partial charge in [0.25, 0.3) is 0 Å². The molecule has 3 aromatic heterocycles. The number of hydrogen-bond acceptors (Lipinski definition) is 7. The van der Waals surface area contributed by atoms with Crippen LogP contribution in [0.15, 0.2) is 18.0 Å². The molecule has 1 fully saturated rings. The van der Waals surface area contributed by atoms with E-state index in [1.807, 2.05) is 11.7 Å². The molecule has 0 spiro atoms. The van der Waals surface area contributed by atoms with Crippen LogP contribution in [0.3, 0.4) is 0 Å². The van der Waals surface area contributed by atoms with Crippen molar-refractivity contribution in [2.45, 2.75) is 19.9 Å². The molecule has 0 aromatic carbocycles. The molecule has 0 unspecified atom stereocenters. The average Bonchev–Trinajstić information content (AvgIpc) is 3.29. The van der Waals surface area contributed by atoms with Crippen molar-refractivity contribution in [3.63, 3.8) is 0 Å². The second-order valence-corrected chi connectivity index (χ2v) is 7.43. The second kappa shape index (κ2) is 6.45. The van der Waals surface area contributed by atoms with Crippen molar-refractivity contribution >= 4 is 28.2 Å². The van der Waals surface area contributed by atoms with Crippen LogP contribution in [0.4, 0.5) is 5.82 Å². The molecule has 0 radical (unpaired) electrons. The molecule has 1 aliphatic rings. The van der Waals surface area contributed by atoms with E-state index in [4.69, 9.17) is 0 Å². The molecule has 1 atom stereocenters. The molecule has 1 N–H and O–H groups in total. The molecule has 126 valence electrons. The van der Waals surface area contributed by atoms with E-state index in [0.29, 0.717) is 5.92 Å². The smallest absolute Gasteiger partial charge is 0.160 e. The Labute approximate surface area is 144 Å². The van der Waals surface area contributed by atoms with E-state index in [0.717, 1.165) is 48.7 Å². The summed E-state index contributed by atoms with van der Waals surface area (Å²) in [6, 6.07) is 0. The van der Waals surface area contributed by atoms with E-state index in [1.165, 1.54) is 11.3 Å². The summed E-state index contributed by atoms with van der Waals surface area (Å²) in [6.45, 7) is 6.22. The molecule has 1 aliphatic heterocycles. The Hall–Kier alpha value is -2.06. The number of anilines is 1. The molecular formula is C16H21N7S. The first kappa shape index (κ1) is 15.5. The Morgan fingerprint density at radius 1 is 1.38 bits per heavy atom. The van der Waals surface area contributed by atoms with Crippen LogP contribution in [0.2, 0.25) is 0 Å². The van der Waals surface area contributed by atoms with Gasteiger partial charge in [0.1, 0.15) is 12.1 Å². The van der Waals surface area contributed by atoms with Gasteiger partial charge < -0.3 is 9.80 Å².